The number of aromatic nitrogens is 1. The van der Waals surface area contributed by atoms with Gasteiger partial charge in [0.1, 0.15) is 6.20 Å². The van der Waals surface area contributed by atoms with Gasteiger partial charge in [0.05, 0.1) is 13.0 Å². The lowest BCUT2D eigenvalue weighted by Crippen LogP contribution is -2.39. The van der Waals surface area contributed by atoms with Crippen LogP contribution >= 0.6 is 0 Å². The predicted molar refractivity (Wildman–Crippen MR) is 38.7 cm³/mol. The smallest absolute Gasteiger partial charge is 0.304 e. The molecule has 0 amide bonds. The van der Waals surface area contributed by atoms with E-state index >= 15 is 0 Å². The Hall–Kier alpha value is -1.03. The second-order valence-electron chi connectivity index (χ2n) is 2.58. The summed E-state index contributed by atoms with van der Waals surface area (Å²) in [5.74, 6) is 1.71. The van der Waals surface area contributed by atoms with Crippen LogP contribution < -0.4 is 10.1 Å². The summed E-state index contributed by atoms with van der Waals surface area (Å²) in [6.07, 6.45) is 1.60. The van der Waals surface area contributed by atoms with Gasteiger partial charge in [-0.1, -0.05) is 0 Å². The molecular weight excluding hydrogens is 144 g/mol. The molecule has 2 heterocycles. The molecule has 4 heteroatoms. The molecule has 0 aromatic carbocycles. The summed E-state index contributed by atoms with van der Waals surface area (Å²) < 4.78 is 10.1. The van der Waals surface area contributed by atoms with Crippen molar-refractivity contribution in [1.82, 2.24) is 10.3 Å². The van der Waals surface area contributed by atoms with Crippen molar-refractivity contribution in [2.75, 3.05) is 20.2 Å². The van der Waals surface area contributed by atoms with Crippen LogP contribution in [0.15, 0.2) is 10.6 Å². The number of ether oxygens (including phenoxy) is 1. The van der Waals surface area contributed by atoms with E-state index < -0.39 is 0 Å². The van der Waals surface area contributed by atoms with Crippen molar-refractivity contribution in [3.8, 4) is 5.95 Å². The van der Waals surface area contributed by atoms with Crippen molar-refractivity contribution in [3.05, 3.63) is 12.1 Å². The molecule has 0 bridgehead atoms. The Morgan fingerprint density at radius 3 is 3.00 bits per heavy atom. The van der Waals surface area contributed by atoms with E-state index in [9.17, 15) is 0 Å². The van der Waals surface area contributed by atoms with Gasteiger partial charge in [-0.15, -0.1) is 0 Å². The number of nitrogens with zero attached hydrogens (tertiary/aromatic N) is 1. The summed E-state index contributed by atoms with van der Waals surface area (Å²) in [4.78, 5) is 4.08. The Kier molecular flexibility index (Phi) is 1.54. The predicted octanol–water partition coefficient (Wildman–Crippen LogP) is 0.370. The third-order valence-electron chi connectivity index (χ3n) is 1.83. The van der Waals surface area contributed by atoms with E-state index in [-0.39, 0.29) is 0 Å². The molecule has 1 aromatic heterocycles. The first-order valence-electron chi connectivity index (χ1n) is 3.60. The van der Waals surface area contributed by atoms with E-state index in [1.807, 2.05) is 0 Å². The van der Waals surface area contributed by atoms with Crippen LogP contribution in [-0.4, -0.2) is 25.2 Å². The first kappa shape index (κ1) is 6.67. The largest absolute Gasteiger partial charge is 0.467 e. The highest BCUT2D eigenvalue weighted by atomic mass is 16.6. The number of oxazole rings is 1. The Balaban J connectivity index is 2.11. The van der Waals surface area contributed by atoms with Gasteiger partial charge < -0.3 is 14.5 Å². The van der Waals surface area contributed by atoms with Gasteiger partial charge in [-0.25, -0.2) is 4.98 Å². The molecule has 4 nitrogen and oxygen atoms in total. The van der Waals surface area contributed by atoms with E-state index in [4.69, 9.17) is 9.15 Å². The van der Waals surface area contributed by atoms with E-state index in [2.05, 4.69) is 10.3 Å². The quantitative estimate of drug-likeness (QED) is 0.668. The van der Waals surface area contributed by atoms with Gasteiger partial charge in [0.2, 0.25) is 5.89 Å². The maximum Gasteiger partial charge on any atom is 0.304 e. The maximum absolute atomic E-state index is 5.26. The minimum Gasteiger partial charge on any atom is -0.467 e. The van der Waals surface area contributed by atoms with Crippen molar-refractivity contribution in [3.63, 3.8) is 0 Å². The standard InChI is InChI=1S/C7H10N2O2/c1-10-6-4-9-7(11-6)5-2-8-3-5/h4-5,8H,2-3H2,1H3. The molecule has 1 aromatic rings. The van der Waals surface area contributed by atoms with Crippen LogP contribution in [0, 0.1) is 0 Å². The lowest BCUT2D eigenvalue weighted by molar-refractivity contribution is 0.271. The minimum atomic E-state index is 0.443. The molecule has 0 atom stereocenters. The van der Waals surface area contributed by atoms with Crippen molar-refractivity contribution >= 4 is 0 Å². The van der Waals surface area contributed by atoms with Crippen LogP contribution in [0.2, 0.25) is 0 Å². The number of rotatable bonds is 2. The number of hydrogen-bond acceptors (Lipinski definition) is 4. The van der Waals surface area contributed by atoms with Crippen molar-refractivity contribution in [1.29, 1.82) is 0 Å². The Labute approximate surface area is 64.6 Å². The van der Waals surface area contributed by atoms with Gasteiger partial charge in [0.25, 0.3) is 0 Å². The summed E-state index contributed by atoms with van der Waals surface area (Å²) in [5, 5.41) is 3.15. The summed E-state index contributed by atoms with van der Waals surface area (Å²) in [5.41, 5.74) is 0. The summed E-state index contributed by atoms with van der Waals surface area (Å²) in [7, 11) is 1.57. The van der Waals surface area contributed by atoms with E-state index in [0.29, 0.717) is 11.9 Å². The Bertz CT molecular complexity index is 242. The second-order valence-corrected chi connectivity index (χ2v) is 2.58. The molecule has 1 aliphatic rings. The van der Waals surface area contributed by atoms with Crippen molar-refractivity contribution in [2.45, 2.75) is 5.92 Å². The van der Waals surface area contributed by atoms with Crippen LogP contribution in [0.1, 0.15) is 11.8 Å². The molecule has 1 saturated heterocycles. The Morgan fingerprint density at radius 1 is 1.73 bits per heavy atom. The molecule has 0 aliphatic carbocycles. The highest BCUT2D eigenvalue weighted by molar-refractivity contribution is 5.06. The first-order chi connectivity index (χ1) is 5.40. The van der Waals surface area contributed by atoms with Crippen LogP contribution in [0.5, 0.6) is 5.95 Å². The zero-order valence-electron chi connectivity index (χ0n) is 6.33. The van der Waals surface area contributed by atoms with Crippen molar-refractivity contribution < 1.29 is 9.15 Å². The average molecular weight is 154 g/mol. The number of hydrogen-bond donors (Lipinski definition) is 1. The Morgan fingerprint density at radius 2 is 2.55 bits per heavy atom. The topological polar surface area (TPSA) is 47.3 Å². The van der Waals surface area contributed by atoms with Crippen LogP contribution in [0.4, 0.5) is 0 Å². The molecule has 0 saturated carbocycles. The molecular formula is C7H10N2O2. The highest BCUT2D eigenvalue weighted by Crippen LogP contribution is 2.22. The molecule has 1 aliphatic heterocycles. The van der Waals surface area contributed by atoms with Crippen LogP contribution in [-0.2, 0) is 0 Å². The third kappa shape index (κ3) is 1.09. The molecule has 1 N–H and O–H groups in total. The second kappa shape index (κ2) is 2.54. The minimum absolute atomic E-state index is 0.443. The lowest BCUT2D eigenvalue weighted by Gasteiger charge is -2.23. The van der Waals surface area contributed by atoms with Gasteiger partial charge in [-0.05, 0) is 0 Å². The average Bonchev–Trinajstić information content (AvgIpc) is 2.32. The van der Waals surface area contributed by atoms with Crippen LogP contribution in [0.3, 0.4) is 0 Å². The van der Waals surface area contributed by atoms with E-state index in [0.717, 1.165) is 19.0 Å². The van der Waals surface area contributed by atoms with Gasteiger partial charge in [0, 0.05) is 13.1 Å². The zero-order chi connectivity index (χ0) is 7.68. The third-order valence-corrected chi connectivity index (χ3v) is 1.83. The van der Waals surface area contributed by atoms with Crippen molar-refractivity contribution in [2.24, 2.45) is 0 Å². The fraction of sp³-hybridized carbons (Fsp3) is 0.571. The molecule has 0 unspecified atom stereocenters. The molecule has 1 fully saturated rings. The fourth-order valence-corrected chi connectivity index (χ4v) is 1.02. The number of methoxy groups -OCH3 is 1. The SMILES string of the molecule is COc1cnc(C2CNC2)o1. The van der Waals surface area contributed by atoms with Crippen LogP contribution in [0.25, 0.3) is 0 Å². The summed E-state index contributed by atoms with van der Waals surface area (Å²) in [6.45, 7) is 1.92. The van der Waals surface area contributed by atoms with Gasteiger partial charge >= 0.3 is 5.95 Å². The van der Waals surface area contributed by atoms with Gasteiger partial charge in [-0.3, -0.25) is 0 Å². The summed E-state index contributed by atoms with van der Waals surface area (Å²) >= 11 is 0. The van der Waals surface area contributed by atoms with Gasteiger partial charge in [0.15, 0.2) is 0 Å². The first-order valence-corrected chi connectivity index (χ1v) is 3.60. The van der Waals surface area contributed by atoms with E-state index in [1.165, 1.54) is 0 Å². The molecule has 60 valence electrons. The fourth-order valence-electron chi connectivity index (χ4n) is 1.02. The normalized spacial score (nSPS) is 17.9. The zero-order valence-corrected chi connectivity index (χ0v) is 6.33. The monoisotopic (exact) mass is 154 g/mol. The maximum atomic E-state index is 5.26. The van der Waals surface area contributed by atoms with Gasteiger partial charge in [-0.2, -0.15) is 0 Å². The highest BCUT2D eigenvalue weighted by Gasteiger charge is 2.23. The molecule has 0 spiro atoms. The molecule has 0 radical (unpaired) electrons. The lowest BCUT2D eigenvalue weighted by atomic mass is 10.0. The summed E-state index contributed by atoms with van der Waals surface area (Å²) in [6, 6.07) is 0. The number of nitrogens with one attached hydrogen (secondary N) is 1. The van der Waals surface area contributed by atoms with E-state index in [1.54, 1.807) is 13.3 Å². The molecule has 2 rings (SSSR count). The molecule has 11 heavy (non-hydrogen) atoms.